The Hall–Kier alpha value is -1.23. The molecule has 0 radical (unpaired) electrons. The fourth-order valence-corrected chi connectivity index (χ4v) is 1.43. The average Bonchev–Trinajstić information content (AvgIpc) is 2.14. The van der Waals surface area contributed by atoms with Crippen molar-refractivity contribution in [1.82, 2.24) is 0 Å². The number of hydrogen-bond acceptors (Lipinski definition) is 2. The van der Waals surface area contributed by atoms with Gasteiger partial charge < -0.3 is 10.5 Å². The van der Waals surface area contributed by atoms with Crippen LogP contribution in [0.5, 0.6) is 5.75 Å². The molecular weight excluding hydrogens is 219 g/mol. The molecule has 0 amide bonds. The third kappa shape index (κ3) is 2.47. The molecule has 1 aromatic carbocycles. The van der Waals surface area contributed by atoms with E-state index in [1.807, 2.05) is 0 Å². The number of hydrogen-bond donors (Lipinski definition) is 1. The van der Waals surface area contributed by atoms with Gasteiger partial charge in [0.25, 0.3) is 6.43 Å². The summed E-state index contributed by atoms with van der Waals surface area (Å²) in [5, 5.41) is 0. The lowest BCUT2D eigenvalue weighted by molar-refractivity contribution is 0.150. The summed E-state index contributed by atoms with van der Waals surface area (Å²) in [5.41, 5.74) is 4.66. The second-order valence-electron chi connectivity index (χ2n) is 4.11. The molecule has 16 heavy (non-hydrogen) atoms. The van der Waals surface area contributed by atoms with Gasteiger partial charge in [0, 0.05) is 16.7 Å². The molecule has 0 fully saturated rings. The summed E-state index contributed by atoms with van der Waals surface area (Å²) in [6.07, 6.45) is -2.73. The Morgan fingerprint density at radius 2 is 1.88 bits per heavy atom. The normalized spacial score (nSPS) is 12.0. The van der Waals surface area contributed by atoms with Crippen molar-refractivity contribution in [2.24, 2.45) is 5.73 Å². The molecule has 1 rings (SSSR count). The van der Waals surface area contributed by atoms with Gasteiger partial charge in [0.05, 0.1) is 7.11 Å². The van der Waals surface area contributed by atoms with Crippen molar-refractivity contribution in [2.75, 3.05) is 7.11 Å². The molecule has 0 saturated carbocycles. The zero-order valence-electron chi connectivity index (χ0n) is 9.35. The van der Waals surface area contributed by atoms with Gasteiger partial charge in [-0.1, -0.05) is 0 Å². The van der Waals surface area contributed by atoms with Crippen LogP contribution in [0.3, 0.4) is 0 Å². The first-order valence-electron chi connectivity index (χ1n) is 4.72. The lowest BCUT2D eigenvalue weighted by Crippen LogP contribution is -2.29. The van der Waals surface area contributed by atoms with Gasteiger partial charge in [-0.2, -0.15) is 0 Å². The molecule has 5 heteroatoms. The number of rotatable bonds is 3. The number of ether oxygens (including phenoxy) is 1. The maximum Gasteiger partial charge on any atom is 0.263 e. The molecule has 0 spiro atoms. The van der Waals surface area contributed by atoms with Gasteiger partial charge in [-0.05, 0) is 26.0 Å². The van der Waals surface area contributed by atoms with Crippen molar-refractivity contribution < 1.29 is 17.9 Å². The van der Waals surface area contributed by atoms with Crippen LogP contribution in [-0.4, -0.2) is 7.11 Å². The number of alkyl halides is 2. The molecular formula is C11H14F3NO. The predicted octanol–water partition coefficient (Wildman–Crippen LogP) is 2.97. The summed E-state index contributed by atoms with van der Waals surface area (Å²) in [7, 11) is 1.27. The van der Waals surface area contributed by atoms with E-state index in [0.717, 1.165) is 6.07 Å². The SMILES string of the molecule is COc1c(F)cc(C(F)F)cc1C(C)(C)N. The summed E-state index contributed by atoms with van der Waals surface area (Å²) < 4.78 is 43.3. The molecule has 0 heterocycles. The van der Waals surface area contributed by atoms with E-state index in [9.17, 15) is 13.2 Å². The van der Waals surface area contributed by atoms with Crippen LogP contribution >= 0.6 is 0 Å². The van der Waals surface area contributed by atoms with E-state index in [2.05, 4.69) is 0 Å². The highest BCUT2D eigenvalue weighted by Gasteiger charge is 2.24. The van der Waals surface area contributed by atoms with Crippen molar-refractivity contribution in [3.05, 3.63) is 29.1 Å². The van der Waals surface area contributed by atoms with E-state index >= 15 is 0 Å². The minimum atomic E-state index is -2.73. The second kappa shape index (κ2) is 4.33. The number of methoxy groups -OCH3 is 1. The molecule has 1 aromatic rings. The van der Waals surface area contributed by atoms with Crippen LogP contribution in [0.1, 0.15) is 31.4 Å². The summed E-state index contributed by atoms with van der Waals surface area (Å²) in [5.74, 6) is -0.911. The highest BCUT2D eigenvalue weighted by Crippen LogP contribution is 2.34. The van der Waals surface area contributed by atoms with E-state index < -0.39 is 23.3 Å². The summed E-state index contributed by atoms with van der Waals surface area (Å²) in [6, 6.07) is 1.94. The fourth-order valence-electron chi connectivity index (χ4n) is 1.43. The molecule has 0 saturated heterocycles. The quantitative estimate of drug-likeness (QED) is 0.871. The van der Waals surface area contributed by atoms with E-state index in [0.29, 0.717) is 0 Å². The molecule has 90 valence electrons. The molecule has 0 aliphatic carbocycles. The first-order chi connectivity index (χ1) is 7.27. The minimum Gasteiger partial charge on any atom is -0.493 e. The molecule has 0 aliphatic rings. The van der Waals surface area contributed by atoms with Crippen LogP contribution < -0.4 is 10.5 Å². The average molecular weight is 233 g/mol. The molecule has 0 bridgehead atoms. The highest BCUT2D eigenvalue weighted by molar-refractivity contribution is 5.43. The summed E-state index contributed by atoms with van der Waals surface area (Å²) in [6.45, 7) is 3.19. The molecule has 0 aliphatic heterocycles. The highest BCUT2D eigenvalue weighted by atomic mass is 19.3. The van der Waals surface area contributed by atoms with Crippen LogP contribution in [0.2, 0.25) is 0 Å². The van der Waals surface area contributed by atoms with Gasteiger partial charge >= 0.3 is 0 Å². The van der Waals surface area contributed by atoms with Crippen LogP contribution in [0.15, 0.2) is 12.1 Å². The van der Waals surface area contributed by atoms with Crippen LogP contribution in [-0.2, 0) is 5.54 Å². The molecule has 0 unspecified atom stereocenters. The number of halogens is 3. The zero-order valence-corrected chi connectivity index (χ0v) is 9.35. The number of nitrogens with two attached hydrogens (primary N) is 1. The Kier molecular flexibility index (Phi) is 3.48. The van der Waals surface area contributed by atoms with Crippen molar-refractivity contribution in [2.45, 2.75) is 25.8 Å². The van der Waals surface area contributed by atoms with Crippen LogP contribution in [0.4, 0.5) is 13.2 Å². The monoisotopic (exact) mass is 233 g/mol. The molecule has 0 atom stereocenters. The molecule has 2 nitrogen and oxygen atoms in total. The topological polar surface area (TPSA) is 35.2 Å². The van der Waals surface area contributed by atoms with Crippen molar-refractivity contribution >= 4 is 0 Å². The van der Waals surface area contributed by atoms with Crippen molar-refractivity contribution in [3.63, 3.8) is 0 Å². The molecule has 0 aromatic heterocycles. The largest absolute Gasteiger partial charge is 0.493 e. The second-order valence-corrected chi connectivity index (χ2v) is 4.11. The maximum atomic E-state index is 13.5. The lowest BCUT2D eigenvalue weighted by Gasteiger charge is -2.23. The van der Waals surface area contributed by atoms with E-state index in [4.69, 9.17) is 10.5 Å². The van der Waals surface area contributed by atoms with Gasteiger partial charge in [0.1, 0.15) is 0 Å². The Morgan fingerprint density at radius 1 is 1.31 bits per heavy atom. The summed E-state index contributed by atoms with van der Waals surface area (Å²) in [4.78, 5) is 0. The number of benzene rings is 1. The first kappa shape index (κ1) is 12.8. The van der Waals surface area contributed by atoms with Gasteiger partial charge in [0.2, 0.25) is 0 Å². The van der Waals surface area contributed by atoms with E-state index in [-0.39, 0.29) is 11.3 Å². The summed E-state index contributed by atoms with van der Waals surface area (Å²) >= 11 is 0. The standard InChI is InChI=1S/C11H14F3NO/c1-11(2,15)7-4-6(10(13)14)5-8(12)9(7)16-3/h4-5,10H,15H2,1-3H3. The van der Waals surface area contributed by atoms with Gasteiger partial charge in [-0.25, -0.2) is 13.2 Å². The third-order valence-corrected chi connectivity index (χ3v) is 2.22. The Labute approximate surface area is 92.2 Å². The van der Waals surface area contributed by atoms with Crippen LogP contribution in [0.25, 0.3) is 0 Å². The molecule has 2 N–H and O–H groups in total. The maximum absolute atomic E-state index is 13.5. The van der Waals surface area contributed by atoms with E-state index in [1.165, 1.54) is 13.2 Å². The predicted molar refractivity (Wildman–Crippen MR) is 55.1 cm³/mol. The fraction of sp³-hybridized carbons (Fsp3) is 0.455. The Bertz CT molecular complexity index is 386. The van der Waals surface area contributed by atoms with Gasteiger partial charge in [0.15, 0.2) is 11.6 Å². The Balaban J connectivity index is 3.43. The van der Waals surface area contributed by atoms with Gasteiger partial charge in [-0.15, -0.1) is 0 Å². The van der Waals surface area contributed by atoms with Crippen molar-refractivity contribution in [1.29, 1.82) is 0 Å². The van der Waals surface area contributed by atoms with E-state index in [1.54, 1.807) is 13.8 Å². The smallest absolute Gasteiger partial charge is 0.263 e. The third-order valence-electron chi connectivity index (χ3n) is 2.22. The zero-order chi connectivity index (χ0) is 12.5. The first-order valence-corrected chi connectivity index (χ1v) is 4.72. The van der Waals surface area contributed by atoms with Gasteiger partial charge in [-0.3, -0.25) is 0 Å². The van der Waals surface area contributed by atoms with Crippen molar-refractivity contribution in [3.8, 4) is 5.75 Å². The Morgan fingerprint density at radius 3 is 2.25 bits per heavy atom. The van der Waals surface area contributed by atoms with Crippen LogP contribution in [0, 0.1) is 5.82 Å². The lowest BCUT2D eigenvalue weighted by atomic mass is 9.92. The minimum absolute atomic E-state index is 0.0862.